The molecule has 116 valence electrons. The average Bonchev–Trinajstić information content (AvgIpc) is 3.16. The lowest BCUT2D eigenvalue weighted by molar-refractivity contribution is -0.658. The molecule has 3 heterocycles. The van der Waals surface area contributed by atoms with Gasteiger partial charge in [0.1, 0.15) is 0 Å². The highest BCUT2D eigenvalue weighted by Crippen LogP contribution is 2.20. The van der Waals surface area contributed by atoms with Gasteiger partial charge in [-0.2, -0.15) is 0 Å². The maximum absolute atomic E-state index is 6.04. The second-order valence-electron chi connectivity index (χ2n) is 5.81. The molecule has 23 heavy (non-hydrogen) atoms. The monoisotopic (exact) mass is 307 g/mol. The number of hydrogen-bond acceptors (Lipinski definition) is 3. The Morgan fingerprint density at radius 3 is 3.04 bits per heavy atom. The van der Waals surface area contributed by atoms with Gasteiger partial charge in [0.2, 0.25) is 12.0 Å². The quantitative estimate of drug-likeness (QED) is 0.566. The molecule has 0 spiro atoms. The van der Waals surface area contributed by atoms with Crippen molar-refractivity contribution in [2.75, 3.05) is 5.73 Å². The first kappa shape index (κ1) is 13.8. The highest BCUT2D eigenvalue weighted by Gasteiger charge is 2.14. The molecule has 3 N–H and O–H groups in total. The van der Waals surface area contributed by atoms with Crippen molar-refractivity contribution in [1.29, 1.82) is 0 Å². The van der Waals surface area contributed by atoms with Gasteiger partial charge < -0.3 is 15.3 Å². The molecule has 6 nitrogen and oxygen atoms in total. The van der Waals surface area contributed by atoms with Gasteiger partial charge in [0.25, 0.3) is 5.82 Å². The smallest absolute Gasteiger partial charge is 0.250 e. The van der Waals surface area contributed by atoms with Crippen LogP contribution in [0.15, 0.2) is 43.1 Å². The zero-order valence-electron chi connectivity index (χ0n) is 13.0. The molecular weight excluding hydrogens is 288 g/mol. The number of nitrogens with zero attached hydrogens (tertiary/aromatic N) is 4. The zero-order chi connectivity index (χ0) is 15.8. The van der Waals surface area contributed by atoms with Crippen LogP contribution in [-0.2, 0) is 20.0 Å². The fourth-order valence-corrected chi connectivity index (χ4v) is 3.00. The Balaban J connectivity index is 1.52. The van der Waals surface area contributed by atoms with Gasteiger partial charge in [-0.05, 0) is 24.5 Å². The number of imidazole rings is 1. The molecule has 0 fully saturated rings. The zero-order valence-corrected chi connectivity index (χ0v) is 13.0. The Morgan fingerprint density at radius 2 is 2.13 bits per heavy atom. The molecule has 0 saturated carbocycles. The van der Waals surface area contributed by atoms with Crippen LogP contribution < -0.4 is 10.3 Å². The van der Waals surface area contributed by atoms with E-state index in [0.717, 1.165) is 30.6 Å². The van der Waals surface area contributed by atoms with Gasteiger partial charge in [-0.15, -0.1) is 0 Å². The first-order chi connectivity index (χ1) is 11.2. The van der Waals surface area contributed by atoms with Crippen LogP contribution in [0.1, 0.15) is 12.0 Å². The topological polar surface area (TPSA) is 76.4 Å². The molecule has 0 atom stereocenters. The molecular formula is C17H19N6+. The lowest BCUT2D eigenvalue weighted by atomic mass is 10.1. The van der Waals surface area contributed by atoms with Gasteiger partial charge in [0.15, 0.2) is 5.52 Å². The number of anilines is 1. The average molecular weight is 307 g/mol. The third-order valence-electron chi connectivity index (χ3n) is 4.31. The summed E-state index contributed by atoms with van der Waals surface area (Å²) in [4.78, 5) is 12.2. The van der Waals surface area contributed by atoms with E-state index in [2.05, 4.69) is 50.0 Å². The van der Waals surface area contributed by atoms with E-state index in [1.165, 1.54) is 16.5 Å². The summed E-state index contributed by atoms with van der Waals surface area (Å²) in [5, 5.41) is 1.30. The number of nitrogens with one attached hydrogen (secondary N) is 1. The molecule has 0 aliphatic carbocycles. The maximum Gasteiger partial charge on any atom is 0.250 e. The van der Waals surface area contributed by atoms with E-state index in [-0.39, 0.29) is 0 Å². The van der Waals surface area contributed by atoms with Crippen molar-refractivity contribution < 1.29 is 4.57 Å². The summed E-state index contributed by atoms with van der Waals surface area (Å²) in [5.41, 5.74) is 10.2. The molecule has 0 aliphatic heterocycles. The number of nitrogen functional groups attached to an aromatic ring is 1. The second-order valence-corrected chi connectivity index (χ2v) is 5.81. The highest BCUT2D eigenvalue weighted by molar-refractivity contribution is 5.83. The molecule has 4 aromatic rings. The minimum Gasteiger partial charge on any atom is -0.361 e. The lowest BCUT2D eigenvalue weighted by Gasteiger charge is -2.02. The third-order valence-corrected chi connectivity index (χ3v) is 4.31. The van der Waals surface area contributed by atoms with E-state index in [9.17, 15) is 0 Å². The van der Waals surface area contributed by atoms with Crippen molar-refractivity contribution in [2.24, 2.45) is 7.05 Å². The van der Waals surface area contributed by atoms with Crippen LogP contribution in [0.25, 0.3) is 22.1 Å². The fraction of sp³-hybridized carbons (Fsp3) is 0.235. The predicted molar refractivity (Wildman–Crippen MR) is 89.7 cm³/mol. The van der Waals surface area contributed by atoms with Gasteiger partial charge in [0.05, 0.1) is 13.4 Å². The van der Waals surface area contributed by atoms with Gasteiger partial charge in [0, 0.05) is 23.6 Å². The second kappa shape index (κ2) is 5.39. The van der Waals surface area contributed by atoms with Crippen molar-refractivity contribution in [3.05, 3.63) is 48.7 Å². The van der Waals surface area contributed by atoms with E-state index in [4.69, 9.17) is 5.73 Å². The summed E-state index contributed by atoms with van der Waals surface area (Å²) in [6.45, 7) is 0.871. The fourth-order valence-electron chi connectivity index (χ4n) is 3.00. The highest BCUT2D eigenvalue weighted by atomic mass is 15.2. The number of fused-ring (bicyclic) bond motifs is 2. The largest absolute Gasteiger partial charge is 0.361 e. The number of aryl methyl sites for hydroxylation is 3. The molecule has 3 aromatic heterocycles. The van der Waals surface area contributed by atoms with Gasteiger partial charge >= 0.3 is 0 Å². The van der Waals surface area contributed by atoms with E-state index in [1.54, 1.807) is 10.9 Å². The Hall–Kier alpha value is -2.89. The van der Waals surface area contributed by atoms with Crippen molar-refractivity contribution in [3.63, 3.8) is 0 Å². The Morgan fingerprint density at radius 1 is 1.26 bits per heavy atom. The van der Waals surface area contributed by atoms with Crippen LogP contribution in [-0.4, -0.2) is 19.5 Å². The number of benzene rings is 1. The van der Waals surface area contributed by atoms with Crippen LogP contribution in [0.2, 0.25) is 0 Å². The molecule has 6 heteroatoms. The Labute approximate surface area is 133 Å². The molecule has 0 radical (unpaired) electrons. The van der Waals surface area contributed by atoms with Gasteiger partial charge in [-0.25, -0.2) is 9.55 Å². The molecule has 4 rings (SSSR count). The van der Waals surface area contributed by atoms with Crippen molar-refractivity contribution in [3.8, 4) is 0 Å². The summed E-state index contributed by atoms with van der Waals surface area (Å²) in [6, 6.07) is 8.40. The molecule has 0 bridgehead atoms. The summed E-state index contributed by atoms with van der Waals surface area (Å²) in [5.74, 6) is 0.644. The minimum atomic E-state index is 0.644. The first-order valence-corrected chi connectivity index (χ1v) is 7.74. The molecule has 0 unspecified atom stereocenters. The number of aromatic amines is 1. The number of rotatable bonds is 4. The SMILES string of the molecule is C[n+]1cnc2c(ncn2CCCc2c[nH]c3ccccc23)c1N. The number of para-hydroxylation sites is 1. The van der Waals surface area contributed by atoms with E-state index in [0.29, 0.717) is 5.82 Å². The summed E-state index contributed by atoms with van der Waals surface area (Å²) >= 11 is 0. The number of hydrogen-bond donors (Lipinski definition) is 2. The van der Waals surface area contributed by atoms with Gasteiger partial charge in [-0.1, -0.05) is 23.2 Å². The summed E-state index contributed by atoms with van der Waals surface area (Å²) < 4.78 is 3.85. The van der Waals surface area contributed by atoms with Crippen molar-refractivity contribution in [2.45, 2.75) is 19.4 Å². The summed E-state index contributed by atoms with van der Waals surface area (Å²) in [7, 11) is 1.87. The maximum atomic E-state index is 6.04. The van der Waals surface area contributed by atoms with Crippen molar-refractivity contribution in [1.82, 2.24) is 19.5 Å². The number of aromatic nitrogens is 5. The first-order valence-electron chi connectivity index (χ1n) is 7.74. The van der Waals surface area contributed by atoms with Crippen LogP contribution in [0, 0.1) is 0 Å². The normalized spacial score (nSPS) is 11.5. The molecule has 0 saturated heterocycles. The van der Waals surface area contributed by atoms with Gasteiger partial charge in [-0.3, -0.25) is 0 Å². The van der Waals surface area contributed by atoms with E-state index >= 15 is 0 Å². The third kappa shape index (κ3) is 2.32. The Bertz CT molecular complexity index is 981. The lowest BCUT2D eigenvalue weighted by Crippen LogP contribution is -2.32. The predicted octanol–water partition coefficient (Wildman–Crippen LogP) is 1.95. The van der Waals surface area contributed by atoms with E-state index in [1.807, 2.05) is 13.4 Å². The van der Waals surface area contributed by atoms with E-state index < -0.39 is 0 Å². The van der Waals surface area contributed by atoms with Crippen LogP contribution in [0.4, 0.5) is 5.82 Å². The van der Waals surface area contributed by atoms with Crippen molar-refractivity contribution >= 4 is 27.9 Å². The molecule has 0 amide bonds. The minimum absolute atomic E-state index is 0.644. The Kier molecular flexibility index (Phi) is 3.22. The van der Waals surface area contributed by atoms with Crippen LogP contribution >= 0.6 is 0 Å². The molecule has 0 aliphatic rings. The molecule has 1 aromatic carbocycles. The standard InChI is InChI=1S/C17H18N6/c1-22-10-21-17-15(16(22)18)20-11-23(17)8-4-5-12-9-19-14-7-3-2-6-13(12)14/h2-3,6-7,9-11,18-19H,4-5,8H2,1H3/p+1. The summed E-state index contributed by atoms with van der Waals surface area (Å²) in [6.07, 6.45) is 7.70. The van der Waals surface area contributed by atoms with Crippen LogP contribution in [0.5, 0.6) is 0 Å². The number of nitrogens with two attached hydrogens (primary N) is 1. The van der Waals surface area contributed by atoms with Crippen LogP contribution in [0.3, 0.4) is 0 Å². The number of H-pyrrole nitrogens is 1.